The molecular formula is C13H9ClFNO. The molecule has 0 aliphatic carbocycles. The fourth-order valence-corrected chi connectivity index (χ4v) is 1.67. The molecular weight excluding hydrogens is 241 g/mol. The second-order valence-electron chi connectivity index (χ2n) is 3.52. The summed E-state index contributed by atoms with van der Waals surface area (Å²) >= 11 is 5.57. The van der Waals surface area contributed by atoms with E-state index in [4.69, 9.17) is 17.3 Å². The van der Waals surface area contributed by atoms with Gasteiger partial charge in [-0.15, -0.1) is 0 Å². The van der Waals surface area contributed by atoms with Crippen molar-refractivity contribution in [2.24, 2.45) is 0 Å². The maximum atomic E-state index is 13.5. The molecule has 2 aromatic carbocycles. The maximum Gasteiger partial charge on any atom is 0.195 e. The molecule has 0 atom stereocenters. The number of nitrogen functional groups attached to an aromatic ring is 1. The third-order valence-corrected chi connectivity index (χ3v) is 2.71. The molecule has 2 aromatic rings. The molecule has 0 spiro atoms. The zero-order valence-electron chi connectivity index (χ0n) is 8.78. The van der Waals surface area contributed by atoms with E-state index in [1.54, 1.807) is 30.3 Å². The highest BCUT2D eigenvalue weighted by atomic mass is 35.5. The third-order valence-electron chi connectivity index (χ3n) is 2.41. The van der Waals surface area contributed by atoms with E-state index in [9.17, 15) is 9.18 Å². The molecule has 2 nitrogen and oxygen atoms in total. The van der Waals surface area contributed by atoms with E-state index in [1.165, 1.54) is 12.1 Å². The molecule has 2 rings (SSSR count). The number of ketones is 1. The molecule has 0 saturated heterocycles. The fraction of sp³-hybridized carbons (Fsp3) is 0. The first-order valence-electron chi connectivity index (χ1n) is 4.94. The average molecular weight is 250 g/mol. The lowest BCUT2D eigenvalue weighted by molar-refractivity contribution is 0.103. The molecule has 0 radical (unpaired) electrons. The van der Waals surface area contributed by atoms with Crippen LogP contribution in [0.5, 0.6) is 0 Å². The van der Waals surface area contributed by atoms with Crippen molar-refractivity contribution in [3.05, 3.63) is 64.4 Å². The number of benzene rings is 2. The summed E-state index contributed by atoms with van der Waals surface area (Å²) < 4.78 is 13.5. The van der Waals surface area contributed by atoms with Gasteiger partial charge >= 0.3 is 0 Å². The number of nitrogens with two attached hydrogens (primary N) is 1. The molecule has 0 unspecified atom stereocenters. The SMILES string of the molecule is Nc1c(C(=O)c2ccccc2)ccc(Cl)c1F. The molecule has 17 heavy (non-hydrogen) atoms. The molecule has 0 fully saturated rings. The largest absolute Gasteiger partial charge is 0.396 e. The predicted molar refractivity (Wildman–Crippen MR) is 65.7 cm³/mol. The van der Waals surface area contributed by atoms with Gasteiger partial charge in [-0.05, 0) is 12.1 Å². The first-order valence-corrected chi connectivity index (χ1v) is 5.32. The van der Waals surface area contributed by atoms with Crippen molar-refractivity contribution < 1.29 is 9.18 Å². The predicted octanol–water partition coefficient (Wildman–Crippen LogP) is 3.29. The Hall–Kier alpha value is -1.87. The smallest absolute Gasteiger partial charge is 0.195 e. The summed E-state index contributed by atoms with van der Waals surface area (Å²) in [6.07, 6.45) is 0. The zero-order valence-corrected chi connectivity index (χ0v) is 9.54. The van der Waals surface area contributed by atoms with Crippen molar-refractivity contribution in [1.29, 1.82) is 0 Å². The van der Waals surface area contributed by atoms with E-state index in [1.807, 2.05) is 0 Å². The number of carbonyl (C=O) groups excluding carboxylic acids is 1. The Labute approximate surface area is 103 Å². The fourth-order valence-electron chi connectivity index (χ4n) is 1.51. The van der Waals surface area contributed by atoms with Crippen LogP contribution in [0.25, 0.3) is 0 Å². The van der Waals surface area contributed by atoms with E-state index in [-0.39, 0.29) is 22.1 Å². The topological polar surface area (TPSA) is 43.1 Å². The van der Waals surface area contributed by atoms with Gasteiger partial charge in [0.15, 0.2) is 11.6 Å². The summed E-state index contributed by atoms with van der Waals surface area (Å²) in [6, 6.07) is 11.3. The van der Waals surface area contributed by atoms with Crippen molar-refractivity contribution in [2.75, 3.05) is 5.73 Å². The molecule has 86 valence electrons. The quantitative estimate of drug-likeness (QED) is 0.656. The van der Waals surface area contributed by atoms with Crippen LogP contribution in [-0.2, 0) is 0 Å². The monoisotopic (exact) mass is 249 g/mol. The van der Waals surface area contributed by atoms with Gasteiger partial charge in [0.25, 0.3) is 0 Å². The average Bonchev–Trinajstić information content (AvgIpc) is 2.36. The molecule has 0 heterocycles. The van der Waals surface area contributed by atoms with Crippen molar-refractivity contribution in [1.82, 2.24) is 0 Å². The molecule has 0 aliphatic rings. The van der Waals surface area contributed by atoms with Crippen LogP contribution in [0.15, 0.2) is 42.5 Å². The minimum absolute atomic E-state index is 0.0906. The van der Waals surface area contributed by atoms with Crippen LogP contribution in [0.1, 0.15) is 15.9 Å². The van der Waals surface area contributed by atoms with Gasteiger partial charge in [-0.25, -0.2) is 4.39 Å². The molecule has 0 bridgehead atoms. The van der Waals surface area contributed by atoms with E-state index in [0.29, 0.717) is 5.56 Å². The number of carbonyl (C=O) groups is 1. The Morgan fingerprint density at radius 1 is 1.12 bits per heavy atom. The second-order valence-corrected chi connectivity index (χ2v) is 3.92. The zero-order chi connectivity index (χ0) is 12.4. The first-order chi connectivity index (χ1) is 8.11. The number of hydrogen-bond acceptors (Lipinski definition) is 2. The van der Waals surface area contributed by atoms with Gasteiger partial charge in [-0.1, -0.05) is 41.9 Å². The van der Waals surface area contributed by atoms with Crippen LogP contribution >= 0.6 is 11.6 Å². The molecule has 4 heteroatoms. The standard InChI is InChI=1S/C13H9ClFNO/c14-10-7-6-9(12(16)11(10)15)13(17)8-4-2-1-3-5-8/h1-7H,16H2. The Morgan fingerprint density at radius 2 is 1.76 bits per heavy atom. The minimum atomic E-state index is -0.756. The molecule has 0 amide bonds. The summed E-state index contributed by atoms with van der Waals surface area (Å²) in [6.45, 7) is 0. The van der Waals surface area contributed by atoms with Gasteiger partial charge in [0, 0.05) is 11.1 Å². The minimum Gasteiger partial charge on any atom is -0.396 e. The van der Waals surface area contributed by atoms with Gasteiger partial charge in [-0.3, -0.25) is 4.79 Å². The summed E-state index contributed by atoms with van der Waals surface area (Å²) in [5.74, 6) is -1.08. The van der Waals surface area contributed by atoms with Crippen LogP contribution < -0.4 is 5.73 Å². The van der Waals surface area contributed by atoms with Crippen molar-refractivity contribution >= 4 is 23.1 Å². The van der Waals surface area contributed by atoms with Gasteiger partial charge in [0.05, 0.1) is 10.7 Å². The van der Waals surface area contributed by atoms with Crippen molar-refractivity contribution in [3.8, 4) is 0 Å². The van der Waals surface area contributed by atoms with E-state index in [0.717, 1.165) is 0 Å². The van der Waals surface area contributed by atoms with Gasteiger partial charge in [-0.2, -0.15) is 0 Å². The highest BCUT2D eigenvalue weighted by Crippen LogP contribution is 2.25. The van der Waals surface area contributed by atoms with E-state index in [2.05, 4.69) is 0 Å². The van der Waals surface area contributed by atoms with Crippen LogP contribution in [0.4, 0.5) is 10.1 Å². The van der Waals surface area contributed by atoms with Gasteiger partial charge < -0.3 is 5.73 Å². The Kier molecular flexibility index (Phi) is 3.11. The van der Waals surface area contributed by atoms with E-state index >= 15 is 0 Å². The Bertz CT molecular complexity index is 569. The molecule has 0 aliphatic heterocycles. The van der Waals surface area contributed by atoms with Crippen LogP contribution in [0.3, 0.4) is 0 Å². The lowest BCUT2D eigenvalue weighted by Crippen LogP contribution is -2.07. The number of hydrogen-bond donors (Lipinski definition) is 1. The van der Waals surface area contributed by atoms with Crippen LogP contribution in [-0.4, -0.2) is 5.78 Å². The highest BCUT2D eigenvalue weighted by Gasteiger charge is 2.16. The third kappa shape index (κ3) is 2.15. The highest BCUT2D eigenvalue weighted by molar-refractivity contribution is 6.31. The normalized spacial score (nSPS) is 10.2. The second kappa shape index (κ2) is 4.55. The molecule has 0 saturated carbocycles. The summed E-state index contributed by atoms with van der Waals surface area (Å²) in [5, 5.41) is -0.0906. The summed E-state index contributed by atoms with van der Waals surface area (Å²) in [4.78, 5) is 12.0. The molecule has 0 aromatic heterocycles. The first kappa shape index (κ1) is 11.6. The number of anilines is 1. The molecule has 2 N–H and O–H groups in total. The van der Waals surface area contributed by atoms with Gasteiger partial charge in [0.1, 0.15) is 0 Å². The van der Waals surface area contributed by atoms with Crippen LogP contribution in [0, 0.1) is 5.82 Å². The number of halogens is 2. The lowest BCUT2D eigenvalue weighted by atomic mass is 10.0. The van der Waals surface area contributed by atoms with Crippen molar-refractivity contribution in [3.63, 3.8) is 0 Å². The summed E-state index contributed by atoms with van der Waals surface area (Å²) in [7, 11) is 0. The lowest BCUT2D eigenvalue weighted by Gasteiger charge is -2.06. The van der Waals surface area contributed by atoms with Crippen LogP contribution in [0.2, 0.25) is 5.02 Å². The maximum absolute atomic E-state index is 13.5. The Balaban J connectivity index is 2.49. The van der Waals surface area contributed by atoms with Gasteiger partial charge in [0.2, 0.25) is 0 Å². The Morgan fingerprint density at radius 3 is 2.41 bits per heavy atom. The van der Waals surface area contributed by atoms with E-state index < -0.39 is 5.82 Å². The van der Waals surface area contributed by atoms with Crippen molar-refractivity contribution in [2.45, 2.75) is 0 Å². The number of rotatable bonds is 2. The summed E-state index contributed by atoms with van der Waals surface area (Å²) in [5.41, 5.74) is 5.91.